The smallest absolute Gasteiger partial charge is 0.0139 e. The monoisotopic (exact) mass is 201 g/mol. The van der Waals surface area contributed by atoms with Gasteiger partial charge in [0.25, 0.3) is 0 Å². The van der Waals surface area contributed by atoms with Crippen LogP contribution in [-0.4, -0.2) is 12.1 Å². The fourth-order valence-corrected chi connectivity index (χ4v) is 3.19. The summed E-state index contributed by atoms with van der Waals surface area (Å²) < 4.78 is 0. The lowest BCUT2D eigenvalue weighted by atomic mass is 9.85. The maximum Gasteiger partial charge on any atom is 0.0139 e. The molecule has 1 heteroatoms. The summed E-state index contributed by atoms with van der Waals surface area (Å²) in [5, 5.41) is 3.75. The van der Waals surface area contributed by atoms with Gasteiger partial charge in [-0.2, -0.15) is 0 Å². The summed E-state index contributed by atoms with van der Waals surface area (Å²) in [7, 11) is 0. The number of nitrogens with one attached hydrogen (secondary N) is 1. The molecule has 0 amide bonds. The van der Waals surface area contributed by atoms with Crippen LogP contribution in [0.1, 0.15) is 42.7 Å². The lowest BCUT2D eigenvalue weighted by Crippen LogP contribution is -2.38. The van der Waals surface area contributed by atoms with Gasteiger partial charge in [-0.05, 0) is 44.1 Å². The first-order chi connectivity index (χ1) is 7.33. The Morgan fingerprint density at radius 2 is 1.73 bits per heavy atom. The van der Waals surface area contributed by atoms with Crippen molar-refractivity contribution >= 4 is 0 Å². The highest BCUT2D eigenvalue weighted by Crippen LogP contribution is 2.37. The molecule has 2 aliphatic heterocycles. The second-order valence-electron chi connectivity index (χ2n) is 5.14. The van der Waals surface area contributed by atoms with Crippen LogP contribution in [0.25, 0.3) is 0 Å². The zero-order valence-corrected chi connectivity index (χ0v) is 9.37. The number of fused-ring (bicyclic) bond motifs is 2. The van der Waals surface area contributed by atoms with Gasteiger partial charge in [-0.1, -0.05) is 29.8 Å². The van der Waals surface area contributed by atoms with E-state index in [-0.39, 0.29) is 0 Å². The average molecular weight is 201 g/mol. The molecule has 1 N–H and O–H groups in total. The molecule has 1 nitrogen and oxygen atoms in total. The Balaban J connectivity index is 1.84. The third kappa shape index (κ3) is 1.69. The van der Waals surface area contributed by atoms with Gasteiger partial charge in [-0.25, -0.2) is 0 Å². The molecule has 3 atom stereocenters. The van der Waals surface area contributed by atoms with E-state index in [1.54, 1.807) is 5.56 Å². The summed E-state index contributed by atoms with van der Waals surface area (Å²) in [6.45, 7) is 2.16. The predicted molar refractivity (Wildman–Crippen MR) is 63.1 cm³/mol. The molecule has 0 aliphatic carbocycles. The van der Waals surface area contributed by atoms with Gasteiger partial charge in [0.2, 0.25) is 0 Å². The van der Waals surface area contributed by atoms with E-state index in [2.05, 4.69) is 36.5 Å². The van der Waals surface area contributed by atoms with Gasteiger partial charge in [-0.3, -0.25) is 0 Å². The number of benzene rings is 1. The normalized spacial score (nSPS) is 34.3. The number of hydrogen-bond donors (Lipinski definition) is 1. The van der Waals surface area contributed by atoms with Gasteiger partial charge in [0.05, 0.1) is 0 Å². The Labute approximate surface area is 91.9 Å². The molecular weight excluding hydrogens is 182 g/mol. The van der Waals surface area contributed by atoms with Gasteiger partial charge in [0, 0.05) is 12.1 Å². The zero-order chi connectivity index (χ0) is 10.3. The third-order valence-corrected chi connectivity index (χ3v) is 4.09. The number of rotatable bonds is 1. The minimum atomic E-state index is 0.756. The summed E-state index contributed by atoms with van der Waals surface area (Å²) in [6, 6.07) is 10.7. The molecule has 1 aromatic carbocycles. The van der Waals surface area contributed by atoms with Crippen LogP contribution in [0.3, 0.4) is 0 Å². The quantitative estimate of drug-likeness (QED) is 0.736. The molecule has 0 spiro atoms. The molecule has 80 valence electrons. The van der Waals surface area contributed by atoms with Crippen LogP contribution in [0.2, 0.25) is 0 Å². The zero-order valence-electron chi connectivity index (χ0n) is 9.37. The van der Waals surface area contributed by atoms with E-state index in [1.807, 2.05) is 0 Å². The van der Waals surface area contributed by atoms with Gasteiger partial charge in [0.15, 0.2) is 0 Å². The fraction of sp³-hybridized carbons (Fsp3) is 0.571. The lowest BCUT2D eigenvalue weighted by Gasteiger charge is -2.30. The van der Waals surface area contributed by atoms with Crippen LogP contribution >= 0.6 is 0 Å². The van der Waals surface area contributed by atoms with Crippen molar-refractivity contribution in [1.82, 2.24) is 5.32 Å². The first-order valence-electron chi connectivity index (χ1n) is 6.15. The number of aryl methyl sites for hydroxylation is 1. The minimum Gasteiger partial charge on any atom is -0.311 e. The topological polar surface area (TPSA) is 12.0 Å². The molecule has 0 aromatic heterocycles. The molecule has 2 heterocycles. The summed E-state index contributed by atoms with van der Waals surface area (Å²) >= 11 is 0. The molecule has 1 aromatic rings. The molecule has 2 bridgehead atoms. The van der Waals surface area contributed by atoms with Crippen molar-refractivity contribution in [2.75, 3.05) is 0 Å². The lowest BCUT2D eigenvalue weighted by molar-refractivity contribution is 0.359. The summed E-state index contributed by atoms with van der Waals surface area (Å²) in [5.41, 5.74) is 2.91. The van der Waals surface area contributed by atoms with Crippen LogP contribution in [0.15, 0.2) is 24.3 Å². The first kappa shape index (κ1) is 9.41. The molecule has 3 unspecified atom stereocenters. The SMILES string of the molecule is Cc1ccc(C2CCC3CCC2N3)cc1. The van der Waals surface area contributed by atoms with Crippen molar-refractivity contribution in [2.24, 2.45) is 0 Å². The van der Waals surface area contributed by atoms with Crippen molar-refractivity contribution in [2.45, 2.75) is 50.6 Å². The molecule has 2 saturated heterocycles. The minimum absolute atomic E-state index is 0.756. The molecule has 15 heavy (non-hydrogen) atoms. The van der Waals surface area contributed by atoms with E-state index >= 15 is 0 Å². The Kier molecular flexibility index (Phi) is 2.28. The van der Waals surface area contributed by atoms with Crippen LogP contribution in [0, 0.1) is 6.92 Å². The van der Waals surface area contributed by atoms with Gasteiger partial charge in [0.1, 0.15) is 0 Å². The third-order valence-electron chi connectivity index (χ3n) is 4.09. The Morgan fingerprint density at radius 1 is 1.00 bits per heavy atom. The molecule has 0 saturated carbocycles. The predicted octanol–water partition coefficient (Wildman–Crippen LogP) is 2.99. The van der Waals surface area contributed by atoms with Crippen molar-refractivity contribution in [3.8, 4) is 0 Å². The maximum atomic E-state index is 3.75. The van der Waals surface area contributed by atoms with E-state index in [4.69, 9.17) is 0 Å². The van der Waals surface area contributed by atoms with E-state index in [0.717, 1.165) is 18.0 Å². The van der Waals surface area contributed by atoms with Crippen LogP contribution in [-0.2, 0) is 0 Å². The highest BCUT2D eigenvalue weighted by Gasteiger charge is 2.35. The first-order valence-corrected chi connectivity index (χ1v) is 6.15. The molecule has 0 radical (unpaired) electrons. The van der Waals surface area contributed by atoms with E-state index in [0.29, 0.717) is 0 Å². The summed E-state index contributed by atoms with van der Waals surface area (Å²) in [4.78, 5) is 0. The highest BCUT2D eigenvalue weighted by atomic mass is 15.0. The van der Waals surface area contributed by atoms with Gasteiger partial charge < -0.3 is 5.32 Å². The summed E-state index contributed by atoms with van der Waals surface area (Å²) in [5.74, 6) is 0.768. The second-order valence-corrected chi connectivity index (χ2v) is 5.14. The molecule has 2 fully saturated rings. The standard InChI is InChI=1S/C14H19N/c1-10-2-4-11(5-3-10)13-8-6-12-7-9-14(13)15-12/h2-5,12-15H,6-9H2,1H3. The van der Waals surface area contributed by atoms with E-state index in [1.165, 1.54) is 31.2 Å². The summed E-state index contributed by atoms with van der Waals surface area (Å²) in [6.07, 6.45) is 5.52. The Hall–Kier alpha value is -0.820. The maximum absolute atomic E-state index is 3.75. The Bertz CT molecular complexity index is 341. The van der Waals surface area contributed by atoms with Crippen LogP contribution in [0.5, 0.6) is 0 Å². The van der Waals surface area contributed by atoms with Gasteiger partial charge in [-0.15, -0.1) is 0 Å². The number of hydrogen-bond acceptors (Lipinski definition) is 1. The second kappa shape index (κ2) is 3.64. The largest absolute Gasteiger partial charge is 0.311 e. The average Bonchev–Trinajstić information content (AvgIpc) is 2.63. The molecular formula is C14H19N. The van der Waals surface area contributed by atoms with E-state index in [9.17, 15) is 0 Å². The number of piperidine rings is 1. The van der Waals surface area contributed by atoms with E-state index < -0.39 is 0 Å². The Morgan fingerprint density at radius 3 is 2.53 bits per heavy atom. The van der Waals surface area contributed by atoms with Crippen LogP contribution in [0.4, 0.5) is 0 Å². The van der Waals surface area contributed by atoms with Crippen molar-refractivity contribution < 1.29 is 0 Å². The van der Waals surface area contributed by atoms with Crippen molar-refractivity contribution in [3.63, 3.8) is 0 Å². The molecule has 2 aliphatic rings. The van der Waals surface area contributed by atoms with Crippen molar-refractivity contribution in [3.05, 3.63) is 35.4 Å². The van der Waals surface area contributed by atoms with Crippen LogP contribution < -0.4 is 5.32 Å². The highest BCUT2D eigenvalue weighted by molar-refractivity contribution is 5.27. The fourth-order valence-electron chi connectivity index (χ4n) is 3.19. The van der Waals surface area contributed by atoms with Gasteiger partial charge >= 0.3 is 0 Å². The molecule has 3 rings (SSSR count). The van der Waals surface area contributed by atoms with Crippen molar-refractivity contribution in [1.29, 1.82) is 0 Å².